The molecular formula is C21H20BrClF3N3OS. The zero-order valence-electron chi connectivity index (χ0n) is 16.8. The minimum Gasteiger partial charge on any atom is -0.324 e. The number of benzene rings is 2. The number of halogens is 5. The number of rotatable bonds is 6. The molecule has 1 amide bonds. The maximum atomic E-state index is 13.1. The Morgan fingerprint density at radius 2 is 1.97 bits per heavy atom. The van der Waals surface area contributed by atoms with E-state index in [1.54, 1.807) is 28.9 Å². The number of hydrogen-bond acceptors (Lipinski definition) is 4. The van der Waals surface area contributed by atoms with Gasteiger partial charge in [-0.1, -0.05) is 40.5 Å². The molecule has 10 heteroatoms. The number of amides is 1. The van der Waals surface area contributed by atoms with E-state index in [4.69, 9.17) is 11.6 Å². The van der Waals surface area contributed by atoms with Crippen molar-refractivity contribution in [1.82, 2.24) is 5.01 Å². The van der Waals surface area contributed by atoms with Crippen LogP contribution in [-0.4, -0.2) is 41.7 Å². The van der Waals surface area contributed by atoms with E-state index >= 15 is 0 Å². The molecule has 0 spiro atoms. The lowest BCUT2D eigenvalue weighted by molar-refractivity contribution is -0.137. The molecule has 1 heterocycles. The van der Waals surface area contributed by atoms with Gasteiger partial charge in [0.2, 0.25) is 5.91 Å². The number of thioether (sulfide) groups is 1. The molecule has 31 heavy (non-hydrogen) atoms. The van der Waals surface area contributed by atoms with Crippen LogP contribution < -0.4 is 5.32 Å². The van der Waals surface area contributed by atoms with Gasteiger partial charge >= 0.3 is 6.18 Å². The summed E-state index contributed by atoms with van der Waals surface area (Å²) in [5, 5.41) is 8.68. The maximum Gasteiger partial charge on any atom is 0.417 e. The molecule has 1 aliphatic heterocycles. The molecule has 2 aromatic carbocycles. The third kappa shape index (κ3) is 5.75. The van der Waals surface area contributed by atoms with Gasteiger partial charge in [-0.05, 0) is 48.2 Å². The second-order valence-electron chi connectivity index (χ2n) is 7.51. The summed E-state index contributed by atoms with van der Waals surface area (Å²) in [6, 6.07) is 10.9. The molecule has 0 bridgehead atoms. The fourth-order valence-corrected chi connectivity index (χ4v) is 4.91. The Morgan fingerprint density at radius 1 is 1.29 bits per heavy atom. The van der Waals surface area contributed by atoms with Gasteiger partial charge in [0.25, 0.3) is 0 Å². The van der Waals surface area contributed by atoms with Crippen molar-refractivity contribution in [3.8, 4) is 0 Å². The molecule has 3 rings (SSSR count). The first-order chi connectivity index (χ1) is 14.5. The summed E-state index contributed by atoms with van der Waals surface area (Å²) in [5.41, 5.74) is 0.478. The molecule has 1 atom stereocenters. The second-order valence-corrected chi connectivity index (χ2v) is 9.70. The van der Waals surface area contributed by atoms with Crippen LogP contribution in [0.1, 0.15) is 18.1 Å². The van der Waals surface area contributed by atoms with Crippen LogP contribution >= 0.6 is 39.3 Å². The first kappa shape index (κ1) is 23.9. The standard InChI is InChI=1S/C21H20BrClF3N3OS/c1-20(12-31-2)11-29(10-18(30)27-15-6-4-14(22)5-7-15)28-19(20)13-3-8-16(17(23)9-13)21(24,25)26/h3-9H,10-12H2,1-2H3,(H,27,30). The zero-order valence-corrected chi connectivity index (χ0v) is 19.9. The Hall–Kier alpha value is -1.71. The van der Waals surface area contributed by atoms with Gasteiger partial charge < -0.3 is 5.32 Å². The van der Waals surface area contributed by atoms with Gasteiger partial charge in [0.05, 0.1) is 16.3 Å². The quantitative estimate of drug-likeness (QED) is 0.484. The number of nitrogens with one attached hydrogen (secondary N) is 1. The van der Waals surface area contributed by atoms with Crippen molar-refractivity contribution >= 4 is 56.6 Å². The van der Waals surface area contributed by atoms with Crippen molar-refractivity contribution in [3.63, 3.8) is 0 Å². The van der Waals surface area contributed by atoms with Gasteiger partial charge in [-0.3, -0.25) is 9.80 Å². The van der Waals surface area contributed by atoms with E-state index < -0.39 is 17.2 Å². The summed E-state index contributed by atoms with van der Waals surface area (Å²) < 4.78 is 40.1. The predicted molar refractivity (Wildman–Crippen MR) is 124 cm³/mol. The number of alkyl halides is 3. The molecule has 2 aromatic rings. The lowest BCUT2D eigenvalue weighted by atomic mass is 9.84. The topological polar surface area (TPSA) is 44.7 Å². The van der Waals surface area contributed by atoms with Crippen molar-refractivity contribution < 1.29 is 18.0 Å². The predicted octanol–water partition coefficient (Wildman–Crippen LogP) is 6.15. The average molecular weight is 535 g/mol. The summed E-state index contributed by atoms with van der Waals surface area (Å²) in [5.74, 6) is 0.458. The number of hydrazone groups is 1. The molecule has 0 radical (unpaired) electrons. The first-order valence-corrected chi connectivity index (χ1v) is 11.8. The third-order valence-electron chi connectivity index (χ3n) is 4.81. The Kier molecular flexibility index (Phi) is 7.28. The van der Waals surface area contributed by atoms with Crippen molar-refractivity contribution in [2.75, 3.05) is 30.4 Å². The molecule has 4 nitrogen and oxygen atoms in total. The van der Waals surface area contributed by atoms with E-state index in [2.05, 4.69) is 26.3 Å². The Bertz CT molecular complexity index is 1000. The monoisotopic (exact) mass is 533 g/mol. The van der Waals surface area contributed by atoms with Gasteiger partial charge in [-0.25, -0.2) is 0 Å². The van der Waals surface area contributed by atoms with E-state index in [0.29, 0.717) is 29.3 Å². The summed E-state index contributed by atoms with van der Waals surface area (Å²) in [7, 11) is 0. The van der Waals surface area contributed by atoms with Crippen LogP contribution in [0.4, 0.5) is 18.9 Å². The maximum absolute atomic E-state index is 13.1. The number of carbonyl (C=O) groups excluding carboxylic acids is 1. The summed E-state index contributed by atoms with van der Waals surface area (Å²) in [4.78, 5) is 12.5. The highest BCUT2D eigenvalue weighted by Crippen LogP contribution is 2.38. The molecule has 0 saturated carbocycles. The average Bonchev–Trinajstić information content (AvgIpc) is 2.98. The summed E-state index contributed by atoms with van der Waals surface area (Å²) in [6.45, 7) is 2.48. The van der Waals surface area contributed by atoms with Gasteiger partial charge in [0.1, 0.15) is 6.54 Å². The van der Waals surface area contributed by atoms with Gasteiger partial charge in [0.15, 0.2) is 0 Å². The summed E-state index contributed by atoms with van der Waals surface area (Å²) in [6.07, 6.45) is -2.57. The minimum atomic E-state index is -4.52. The summed E-state index contributed by atoms with van der Waals surface area (Å²) >= 11 is 10.9. The van der Waals surface area contributed by atoms with Crippen LogP contribution in [-0.2, 0) is 11.0 Å². The van der Waals surface area contributed by atoms with Gasteiger partial charge in [-0.15, -0.1) is 0 Å². The van der Waals surface area contributed by atoms with Crippen molar-refractivity contribution in [1.29, 1.82) is 0 Å². The lowest BCUT2D eigenvalue weighted by Crippen LogP contribution is -2.36. The highest BCUT2D eigenvalue weighted by atomic mass is 79.9. The fourth-order valence-electron chi connectivity index (χ4n) is 3.50. The fraction of sp³-hybridized carbons (Fsp3) is 0.333. The highest BCUT2D eigenvalue weighted by molar-refractivity contribution is 9.10. The molecule has 0 fully saturated rings. The second kappa shape index (κ2) is 9.42. The van der Waals surface area contributed by atoms with Crippen molar-refractivity contribution in [3.05, 3.63) is 63.1 Å². The van der Waals surface area contributed by atoms with E-state index in [1.165, 1.54) is 12.1 Å². The van der Waals surface area contributed by atoms with E-state index in [9.17, 15) is 18.0 Å². The number of carbonyl (C=O) groups is 1. The SMILES string of the molecule is CSCC1(C)CN(CC(=O)Nc2ccc(Br)cc2)N=C1c1ccc(C(F)(F)F)c(Cl)c1. The van der Waals surface area contributed by atoms with Crippen LogP contribution in [0.25, 0.3) is 0 Å². The van der Waals surface area contributed by atoms with Crippen LogP contribution in [0.3, 0.4) is 0 Å². The Labute approximate surface area is 196 Å². The van der Waals surface area contributed by atoms with Crippen molar-refractivity contribution in [2.24, 2.45) is 10.5 Å². The molecule has 0 aromatic heterocycles. The largest absolute Gasteiger partial charge is 0.417 e. The van der Waals surface area contributed by atoms with E-state index in [0.717, 1.165) is 10.5 Å². The van der Waals surface area contributed by atoms with Gasteiger partial charge in [0, 0.05) is 27.9 Å². The number of nitrogens with zero attached hydrogens (tertiary/aromatic N) is 2. The number of hydrogen-bond donors (Lipinski definition) is 1. The first-order valence-electron chi connectivity index (χ1n) is 9.27. The Morgan fingerprint density at radius 3 is 2.55 bits per heavy atom. The van der Waals surface area contributed by atoms with Crippen LogP contribution in [0.2, 0.25) is 5.02 Å². The van der Waals surface area contributed by atoms with Crippen LogP contribution in [0.15, 0.2) is 52.0 Å². The molecule has 166 valence electrons. The number of anilines is 1. The van der Waals surface area contributed by atoms with E-state index in [-0.39, 0.29) is 17.5 Å². The molecule has 0 aliphatic carbocycles. The molecule has 0 saturated heterocycles. The van der Waals surface area contributed by atoms with Crippen LogP contribution in [0.5, 0.6) is 0 Å². The normalized spacial score (nSPS) is 18.8. The molecule has 1 N–H and O–H groups in total. The van der Waals surface area contributed by atoms with E-state index in [1.807, 2.05) is 25.3 Å². The smallest absolute Gasteiger partial charge is 0.324 e. The molecule has 1 aliphatic rings. The Balaban J connectivity index is 1.82. The highest BCUT2D eigenvalue weighted by Gasteiger charge is 2.40. The lowest BCUT2D eigenvalue weighted by Gasteiger charge is -2.26. The zero-order chi connectivity index (χ0) is 22.8. The van der Waals surface area contributed by atoms with Crippen LogP contribution in [0, 0.1) is 5.41 Å². The minimum absolute atomic E-state index is 0.0257. The van der Waals surface area contributed by atoms with Gasteiger partial charge in [-0.2, -0.15) is 30.0 Å². The van der Waals surface area contributed by atoms with Crippen molar-refractivity contribution in [2.45, 2.75) is 13.1 Å². The molecule has 1 unspecified atom stereocenters. The molecular weight excluding hydrogens is 515 g/mol. The third-order valence-corrected chi connectivity index (χ3v) is 6.58.